The third kappa shape index (κ3) is 10.1. The molecule has 1 atom stereocenters. The zero-order valence-corrected chi connectivity index (χ0v) is 16.9. The van der Waals surface area contributed by atoms with Gasteiger partial charge in [-0.15, -0.1) is 0 Å². The smallest absolute Gasteiger partial charge is 0.267 e. The van der Waals surface area contributed by atoms with E-state index < -0.39 is 12.0 Å². The van der Waals surface area contributed by atoms with Crippen LogP contribution in [0.3, 0.4) is 0 Å². The highest BCUT2D eigenvalue weighted by molar-refractivity contribution is 5.96. The van der Waals surface area contributed by atoms with Crippen molar-refractivity contribution in [3.63, 3.8) is 0 Å². The normalized spacial score (nSPS) is 10.4. The summed E-state index contributed by atoms with van der Waals surface area (Å²) in [7, 11) is 1.49. The standard InChI is InChI=1S/C12H17N3O3.C7H8.C2H6/c1-3-4-10(18-2)12(17)15-8-5-6-14-9(7-8)11(13)16;1-7-5-3-2-4-6-7;1-2/h5-7,10H,3-4H2,1-2H3,(H2,13,16)(H,14,15,17);2-6H,1H3;1-2H3. The number of anilines is 1. The van der Waals surface area contributed by atoms with Crippen molar-refractivity contribution in [2.75, 3.05) is 12.4 Å². The summed E-state index contributed by atoms with van der Waals surface area (Å²) in [5.74, 6) is -0.885. The van der Waals surface area contributed by atoms with E-state index in [4.69, 9.17) is 10.5 Å². The van der Waals surface area contributed by atoms with Crippen LogP contribution in [0.2, 0.25) is 0 Å². The quantitative estimate of drug-likeness (QED) is 0.801. The summed E-state index contributed by atoms with van der Waals surface area (Å²) < 4.78 is 5.08. The van der Waals surface area contributed by atoms with E-state index in [0.29, 0.717) is 12.1 Å². The van der Waals surface area contributed by atoms with Gasteiger partial charge >= 0.3 is 0 Å². The molecule has 0 fully saturated rings. The lowest BCUT2D eigenvalue weighted by Crippen LogP contribution is -2.29. The molecule has 0 saturated heterocycles. The number of hydrogen-bond acceptors (Lipinski definition) is 4. The van der Waals surface area contributed by atoms with E-state index in [-0.39, 0.29) is 11.6 Å². The first-order chi connectivity index (χ1) is 13.0. The summed E-state index contributed by atoms with van der Waals surface area (Å²) >= 11 is 0. The SMILES string of the molecule is CC.CCCC(OC)C(=O)Nc1ccnc(C(N)=O)c1.Cc1ccccc1. The fourth-order valence-electron chi connectivity index (χ4n) is 2.02. The maximum Gasteiger partial charge on any atom is 0.267 e. The van der Waals surface area contributed by atoms with E-state index >= 15 is 0 Å². The number of nitrogens with zero attached hydrogens (tertiary/aromatic N) is 1. The van der Waals surface area contributed by atoms with Gasteiger partial charge in [0, 0.05) is 19.0 Å². The first-order valence-electron chi connectivity index (χ1n) is 9.09. The van der Waals surface area contributed by atoms with E-state index in [1.807, 2.05) is 39.0 Å². The van der Waals surface area contributed by atoms with Crippen LogP contribution in [0, 0.1) is 6.92 Å². The molecule has 6 heteroatoms. The lowest BCUT2D eigenvalue weighted by molar-refractivity contribution is -0.126. The summed E-state index contributed by atoms with van der Waals surface area (Å²) in [5, 5.41) is 2.66. The number of nitrogens with one attached hydrogen (secondary N) is 1. The summed E-state index contributed by atoms with van der Waals surface area (Å²) in [6.07, 6.45) is 2.39. The van der Waals surface area contributed by atoms with Gasteiger partial charge in [-0.05, 0) is 25.5 Å². The molecule has 0 radical (unpaired) electrons. The van der Waals surface area contributed by atoms with Gasteiger partial charge in [0.1, 0.15) is 11.8 Å². The molecule has 1 aromatic heterocycles. The second kappa shape index (κ2) is 14.4. The predicted molar refractivity (Wildman–Crippen MR) is 110 cm³/mol. The van der Waals surface area contributed by atoms with Gasteiger partial charge in [-0.1, -0.05) is 63.1 Å². The molecule has 1 unspecified atom stereocenters. The Kier molecular flexibility index (Phi) is 13.0. The van der Waals surface area contributed by atoms with Gasteiger partial charge in [-0.3, -0.25) is 14.6 Å². The van der Waals surface area contributed by atoms with Gasteiger partial charge in [0.2, 0.25) is 0 Å². The Morgan fingerprint density at radius 1 is 1.19 bits per heavy atom. The van der Waals surface area contributed by atoms with E-state index in [2.05, 4.69) is 29.4 Å². The molecule has 2 rings (SSSR count). The summed E-state index contributed by atoms with van der Waals surface area (Å²) in [6, 6.07) is 13.3. The molecule has 0 aliphatic heterocycles. The predicted octanol–water partition coefficient (Wildman–Crippen LogP) is 3.96. The van der Waals surface area contributed by atoms with Crippen molar-refractivity contribution in [2.45, 2.75) is 46.6 Å². The number of hydrogen-bond donors (Lipinski definition) is 2. The van der Waals surface area contributed by atoms with E-state index in [1.54, 1.807) is 6.07 Å². The summed E-state index contributed by atoms with van der Waals surface area (Å²) in [6.45, 7) is 8.05. The van der Waals surface area contributed by atoms with Crippen LogP contribution in [-0.2, 0) is 9.53 Å². The highest BCUT2D eigenvalue weighted by atomic mass is 16.5. The van der Waals surface area contributed by atoms with Crippen LogP contribution < -0.4 is 11.1 Å². The van der Waals surface area contributed by atoms with Crippen molar-refractivity contribution in [1.82, 2.24) is 4.98 Å². The first-order valence-corrected chi connectivity index (χ1v) is 9.09. The monoisotopic (exact) mass is 373 g/mol. The number of carbonyl (C=O) groups excluding carboxylic acids is 2. The zero-order valence-electron chi connectivity index (χ0n) is 16.9. The third-order valence-corrected chi connectivity index (χ3v) is 3.35. The topological polar surface area (TPSA) is 94.3 Å². The number of nitrogens with two attached hydrogens (primary N) is 1. The Morgan fingerprint density at radius 3 is 2.26 bits per heavy atom. The molecule has 1 aromatic carbocycles. The van der Waals surface area contributed by atoms with Crippen LogP contribution in [0.5, 0.6) is 0 Å². The number of pyridine rings is 1. The number of aromatic nitrogens is 1. The fourth-order valence-corrected chi connectivity index (χ4v) is 2.02. The van der Waals surface area contributed by atoms with Crippen molar-refractivity contribution in [3.8, 4) is 0 Å². The average Bonchev–Trinajstić information content (AvgIpc) is 2.69. The number of amides is 2. The number of rotatable bonds is 6. The Labute approximate surface area is 162 Å². The van der Waals surface area contributed by atoms with E-state index in [9.17, 15) is 9.59 Å². The second-order valence-corrected chi connectivity index (χ2v) is 5.45. The number of ether oxygens (including phenoxy) is 1. The lowest BCUT2D eigenvalue weighted by atomic mass is 10.2. The van der Waals surface area contributed by atoms with Crippen molar-refractivity contribution in [3.05, 3.63) is 59.9 Å². The molecule has 3 N–H and O–H groups in total. The molecule has 0 bridgehead atoms. The molecule has 0 saturated carbocycles. The fraction of sp³-hybridized carbons (Fsp3) is 0.381. The summed E-state index contributed by atoms with van der Waals surface area (Å²) in [4.78, 5) is 26.6. The van der Waals surface area contributed by atoms with Crippen molar-refractivity contribution in [2.24, 2.45) is 5.73 Å². The van der Waals surface area contributed by atoms with Crippen LogP contribution in [-0.4, -0.2) is 30.0 Å². The van der Waals surface area contributed by atoms with Gasteiger partial charge in [-0.25, -0.2) is 0 Å². The second-order valence-electron chi connectivity index (χ2n) is 5.45. The molecular weight excluding hydrogens is 342 g/mol. The van der Waals surface area contributed by atoms with Crippen LogP contribution in [0.15, 0.2) is 48.7 Å². The number of carbonyl (C=O) groups is 2. The molecule has 0 aliphatic rings. The van der Waals surface area contributed by atoms with Gasteiger partial charge in [0.05, 0.1) is 0 Å². The van der Waals surface area contributed by atoms with Gasteiger partial charge in [0.15, 0.2) is 0 Å². The molecule has 2 aromatic rings. The maximum absolute atomic E-state index is 11.8. The highest BCUT2D eigenvalue weighted by Gasteiger charge is 2.17. The Bertz CT molecular complexity index is 675. The first kappa shape index (κ1) is 24.3. The minimum absolute atomic E-state index is 0.109. The molecule has 0 aliphatic carbocycles. The average molecular weight is 373 g/mol. The van der Waals surface area contributed by atoms with E-state index in [0.717, 1.165) is 6.42 Å². The lowest BCUT2D eigenvalue weighted by Gasteiger charge is -2.14. The number of aryl methyl sites for hydroxylation is 1. The molecule has 0 spiro atoms. The maximum atomic E-state index is 11.8. The number of benzene rings is 1. The summed E-state index contributed by atoms with van der Waals surface area (Å²) in [5.41, 5.74) is 7.01. The molecule has 1 heterocycles. The molecular formula is C21H31N3O3. The Morgan fingerprint density at radius 2 is 1.81 bits per heavy atom. The minimum atomic E-state index is -0.636. The largest absolute Gasteiger partial charge is 0.372 e. The third-order valence-electron chi connectivity index (χ3n) is 3.35. The Balaban J connectivity index is 0.000000621. The highest BCUT2D eigenvalue weighted by Crippen LogP contribution is 2.10. The molecule has 2 amide bonds. The van der Waals surface area contributed by atoms with Crippen molar-refractivity contribution < 1.29 is 14.3 Å². The molecule has 148 valence electrons. The van der Waals surface area contributed by atoms with Gasteiger partial charge < -0.3 is 15.8 Å². The van der Waals surface area contributed by atoms with Gasteiger partial charge in [-0.2, -0.15) is 0 Å². The van der Waals surface area contributed by atoms with Crippen LogP contribution >= 0.6 is 0 Å². The van der Waals surface area contributed by atoms with Crippen LogP contribution in [0.25, 0.3) is 0 Å². The molecule has 27 heavy (non-hydrogen) atoms. The number of methoxy groups -OCH3 is 1. The van der Waals surface area contributed by atoms with E-state index in [1.165, 1.54) is 24.9 Å². The minimum Gasteiger partial charge on any atom is -0.372 e. The van der Waals surface area contributed by atoms with Crippen LogP contribution in [0.1, 0.15) is 49.7 Å². The Hall–Kier alpha value is -2.73. The number of primary amides is 1. The molecule has 6 nitrogen and oxygen atoms in total. The van der Waals surface area contributed by atoms with Crippen molar-refractivity contribution in [1.29, 1.82) is 0 Å². The van der Waals surface area contributed by atoms with Crippen LogP contribution in [0.4, 0.5) is 5.69 Å². The zero-order chi connectivity index (χ0) is 20.7. The van der Waals surface area contributed by atoms with Crippen molar-refractivity contribution >= 4 is 17.5 Å². The van der Waals surface area contributed by atoms with Gasteiger partial charge in [0.25, 0.3) is 11.8 Å².